The Kier molecular flexibility index (Phi) is 5.43. The molecule has 0 saturated heterocycles. The van der Waals surface area contributed by atoms with Gasteiger partial charge in [-0.2, -0.15) is 0 Å². The first kappa shape index (κ1) is 16.1. The summed E-state index contributed by atoms with van der Waals surface area (Å²) in [6.07, 6.45) is 0.824. The van der Waals surface area contributed by atoms with E-state index in [1.165, 1.54) is 15.3 Å². The maximum absolute atomic E-state index is 6.27. The Balaban J connectivity index is 2.18. The summed E-state index contributed by atoms with van der Waals surface area (Å²) in [5, 5.41) is 0. The highest BCUT2D eigenvalue weighted by atomic mass is 32.1. The van der Waals surface area contributed by atoms with Crippen LogP contribution in [-0.4, -0.2) is 6.04 Å². The van der Waals surface area contributed by atoms with Gasteiger partial charge in [-0.3, -0.25) is 0 Å². The Morgan fingerprint density at radius 1 is 1.10 bits per heavy atom. The highest BCUT2D eigenvalue weighted by Crippen LogP contribution is 2.31. The summed E-state index contributed by atoms with van der Waals surface area (Å²) in [7, 11) is 0. The molecular formula is C18H25NOS. The molecule has 0 amide bonds. The second-order valence-corrected chi connectivity index (χ2v) is 7.10. The Morgan fingerprint density at radius 3 is 2.24 bits per heavy atom. The summed E-state index contributed by atoms with van der Waals surface area (Å²) < 4.78 is 6.19. The Morgan fingerprint density at radius 2 is 1.76 bits per heavy atom. The molecule has 114 valence electrons. The van der Waals surface area contributed by atoms with Gasteiger partial charge in [0.05, 0.1) is 0 Å². The maximum atomic E-state index is 6.27. The van der Waals surface area contributed by atoms with E-state index in [0.29, 0.717) is 5.92 Å². The van der Waals surface area contributed by atoms with Crippen LogP contribution in [-0.2, 0) is 0 Å². The van der Waals surface area contributed by atoms with Crippen LogP contribution in [0, 0.1) is 6.92 Å². The maximum Gasteiger partial charge on any atom is 0.148 e. The van der Waals surface area contributed by atoms with Gasteiger partial charge in [0.2, 0.25) is 0 Å². The zero-order valence-corrected chi connectivity index (χ0v) is 14.1. The third-order valence-corrected chi connectivity index (χ3v) is 4.77. The number of benzene rings is 1. The van der Waals surface area contributed by atoms with Crippen LogP contribution in [0.15, 0.2) is 36.4 Å². The van der Waals surface area contributed by atoms with Gasteiger partial charge in [0.15, 0.2) is 0 Å². The van der Waals surface area contributed by atoms with Crippen molar-refractivity contribution < 1.29 is 4.74 Å². The van der Waals surface area contributed by atoms with Crippen LogP contribution in [0.3, 0.4) is 0 Å². The van der Waals surface area contributed by atoms with E-state index in [9.17, 15) is 0 Å². The molecule has 2 nitrogen and oxygen atoms in total. The molecule has 2 N–H and O–H groups in total. The molecule has 0 radical (unpaired) electrons. The number of rotatable bonds is 6. The third kappa shape index (κ3) is 4.08. The summed E-state index contributed by atoms with van der Waals surface area (Å²) in [5.41, 5.74) is 7.59. The molecule has 1 aromatic heterocycles. The summed E-state index contributed by atoms with van der Waals surface area (Å²) in [4.78, 5) is 2.49. The Hall–Kier alpha value is -1.32. The Labute approximate surface area is 132 Å². The van der Waals surface area contributed by atoms with E-state index >= 15 is 0 Å². The first-order valence-corrected chi connectivity index (χ1v) is 8.41. The lowest BCUT2D eigenvalue weighted by Crippen LogP contribution is -2.30. The van der Waals surface area contributed by atoms with Crippen LogP contribution in [0.4, 0.5) is 0 Å². The lowest BCUT2D eigenvalue weighted by atomic mass is 10.0. The summed E-state index contributed by atoms with van der Waals surface area (Å²) in [5.74, 6) is 1.42. The number of nitrogens with two attached hydrogens (primary N) is 1. The van der Waals surface area contributed by atoms with E-state index in [2.05, 4.69) is 52.0 Å². The van der Waals surface area contributed by atoms with Crippen molar-refractivity contribution in [1.82, 2.24) is 0 Å². The summed E-state index contributed by atoms with van der Waals surface area (Å²) >= 11 is 1.76. The normalized spacial score (nSPS) is 14.2. The first-order valence-electron chi connectivity index (χ1n) is 7.59. The van der Waals surface area contributed by atoms with Gasteiger partial charge in [0, 0.05) is 15.8 Å². The average molecular weight is 303 g/mol. The van der Waals surface area contributed by atoms with Gasteiger partial charge in [-0.05, 0) is 49.1 Å². The van der Waals surface area contributed by atoms with Gasteiger partial charge >= 0.3 is 0 Å². The lowest BCUT2D eigenvalue weighted by molar-refractivity contribution is 0.174. The van der Waals surface area contributed by atoms with E-state index in [1.54, 1.807) is 11.3 Å². The van der Waals surface area contributed by atoms with Crippen molar-refractivity contribution in [3.8, 4) is 5.75 Å². The van der Waals surface area contributed by atoms with Crippen molar-refractivity contribution in [3.05, 3.63) is 51.7 Å². The van der Waals surface area contributed by atoms with Crippen molar-refractivity contribution >= 4 is 11.3 Å². The van der Waals surface area contributed by atoms with Crippen LogP contribution in [0.1, 0.15) is 54.5 Å². The molecular weight excluding hydrogens is 278 g/mol. The van der Waals surface area contributed by atoms with Crippen LogP contribution in [0.25, 0.3) is 0 Å². The quantitative estimate of drug-likeness (QED) is 0.811. The van der Waals surface area contributed by atoms with Crippen LogP contribution in [0.5, 0.6) is 5.75 Å². The number of hydrogen-bond acceptors (Lipinski definition) is 3. The highest BCUT2D eigenvalue weighted by Gasteiger charge is 2.22. The molecule has 0 fully saturated rings. The van der Waals surface area contributed by atoms with Gasteiger partial charge < -0.3 is 10.5 Å². The molecule has 2 unspecified atom stereocenters. The highest BCUT2D eigenvalue weighted by molar-refractivity contribution is 7.12. The van der Waals surface area contributed by atoms with Gasteiger partial charge in [-0.15, -0.1) is 11.3 Å². The van der Waals surface area contributed by atoms with Gasteiger partial charge in [0.1, 0.15) is 11.9 Å². The fourth-order valence-electron chi connectivity index (χ4n) is 2.25. The minimum absolute atomic E-state index is 0.00725. The van der Waals surface area contributed by atoms with E-state index in [4.69, 9.17) is 10.5 Å². The van der Waals surface area contributed by atoms with E-state index in [1.807, 2.05) is 12.1 Å². The summed E-state index contributed by atoms with van der Waals surface area (Å²) in [6, 6.07) is 12.6. The molecule has 0 aliphatic rings. The van der Waals surface area contributed by atoms with E-state index in [0.717, 1.165) is 12.2 Å². The van der Waals surface area contributed by atoms with Crippen LogP contribution < -0.4 is 10.5 Å². The van der Waals surface area contributed by atoms with Crippen molar-refractivity contribution in [2.24, 2.45) is 5.73 Å². The SMILES string of the molecule is CCC(N)C(Oc1ccc(C(C)C)cc1)c1ccc(C)s1. The molecule has 0 aliphatic heterocycles. The van der Waals surface area contributed by atoms with Gasteiger partial charge in [0.25, 0.3) is 0 Å². The topological polar surface area (TPSA) is 35.2 Å². The number of ether oxygens (including phenoxy) is 1. The molecule has 0 aliphatic carbocycles. The average Bonchev–Trinajstić information content (AvgIpc) is 2.90. The Bertz CT molecular complexity index is 559. The number of thiophene rings is 1. The fourth-order valence-corrected chi connectivity index (χ4v) is 3.24. The molecule has 2 aromatic rings. The number of hydrogen-bond donors (Lipinski definition) is 1. The zero-order valence-electron chi connectivity index (χ0n) is 13.3. The molecule has 0 saturated carbocycles. The zero-order chi connectivity index (χ0) is 15.4. The first-order chi connectivity index (χ1) is 10.0. The van der Waals surface area contributed by atoms with E-state index in [-0.39, 0.29) is 12.1 Å². The van der Waals surface area contributed by atoms with Crippen molar-refractivity contribution in [2.45, 2.75) is 52.2 Å². The van der Waals surface area contributed by atoms with Crippen LogP contribution >= 0.6 is 11.3 Å². The number of aryl methyl sites for hydroxylation is 1. The third-order valence-electron chi connectivity index (χ3n) is 3.71. The van der Waals surface area contributed by atoms with Gasteiger partial charge in [-0.1, -0.05) is 32.9 Å². The second-order valence-electron chi connectivity index (χ2n) is 5.78. The van der Waals surface area contributed by atoms with Crippen molar-refractivity contribution in [1.29, 1.82) is 0 Å². The smallest absolute Gasteiger partial charge is 0.148 e. The van der Waals surface area contributed by atoms with Crippen LogP contribution in [0.2, 0.25) is 0 Å². The molecule has 2 atom stereocenters. The monoisotopic (exact) mass is 303 g/mol. The largest absolute Gasteiger partial charge is 0.483 e. The molecule has 1 heterocycles. The summed E-state index contributed by atoms with van der Waals surface area (Å²) in [6.45, 7) is 8.60. The molecule has 0 bridgehead atoms. The van der Waals surface area contributed by atoms with Crippen molar-refractivity contribution in [2.75, 3.05) is 0 Å². The van der Waals surface area contributed by atoms with Crippen molar-refractivity contribution in [3.63, 3.8) is 0 Å². The minimum atomic E-state index is -0.0707. The van der Waals surface area contributed by atoms with Gasteiger partial charge in [-0.25, -0.2) is 0 Å². The fraction of sp³-hybridized carbons (Fsp3) is 0.444. The second kappa shape index (κ2) is 7.10. The predicted octanol–water partition coefficient (Wildman–Crippen LogP) is 5.04. The molecule has 0 spiro atoms. The molecule has 3 heteroatoms. The molecule has 1 aromatic carbocycles. The van der Waals surface area contributed by atoms with E-state index < -0.39 is 0 Å². The molecule has 2 rings (SSSR count). The molecule has 21 heavy (non-hydrogen) atoms. The minimum Gasteiger partial charge on any atom is -0.483 e. The predicted molar refractivity (Wildman–Crippen MR) is 91.2 cm³/mol. The standard InChI is InChI=1S/C18H25NOS/c1-5-16(19)18(17-11-6-13(4)21-17)20-15-9-7-14(8-10-15)12(2)3/h6-12,16,18H,5,19H2,1-4H3. The lowest BCUT2D eigenvalue weighted by Gasteiger charge is -2.23.